The van der Waals surface area contributed by atoms with E-state index in [0.29, 0.717) is 11.8 Å². The van der Waals surface area contributed by atoms with Crippen LogP contribution in [0.4, 0.5) is 10.7 Å². The zero-order valence-electron chi connectivity index (χ0n) is 27.5. The Bertz CT molecular complexity index is 1450. The van der Waals surface area contributed by atoms with Crippen LogP contribution in [0.5, 0.6) is 17.4 Å². The molecule has 1 aliphatic carbocycles. The van der Waals surface area contributed by atoms with Crippen LogP contribution in [-0.4, -0.2) is 53.9 Å². The summed E-state index contributed by atoms with van der Waals surface area (Å²) in [5.41, 5.74) is 1.91. The van der Waals surface area contributed by atoms with Gasteiger partial charge in [-0.25, -0.2) is 14.7 Å². The third-order valence-corrected chi connectivity index (χ3v) is 8.16. The quantitative estimate of drug-likeness (QED) is 0.236. The Kier molecular flexibility index (Phi) is 9.55. The van der Waals surface area contributed by atoms with Crippen molar-refractivity contribution in [3.05, 3.63) is 71.4 Å². The van der Waals surface area contributed by atoms with Crippen LogP contribution in [-0.2, 0) is 27.4 Å². The van der Waals surface area contributed by atoms with E-state index in [1.54, 1.807) is 20.4 Å². The molecular weight excluding hydrogens is 574 g/mol. The van der Waals surface area contributed by atoms with Crippen molar-refractivity contribution >= 4 is 12.0 Å². The fraction of sp³-hybridized carbons (Fsp3) is 0.514. The number of fused-ring (bicyclic) bond motifs is 1. The van der Waals surface area contributed by atoms with Crippen LogP contribution in [0.3, 0.4) is 0 Å². The van der Waals surface area contributed by atoms with Crippen molar-refractivity contribution in [2.45, 2.75) is 97.0 Å². The number of amides is 1. The van der Waals surface area contributed by atoms with Gasteiger partial charge in [-0.15, -0.1) is 0 Å². The van der Waals surface area contributed by atoms with Crippen LogP contribution in [0.1, 0.15) is 77.0 Å². The lowest BCUT2D eigenvalue weighted by atomic mass is 9.96. The number of ether oxygens (including phenoxy) is 6. The largest absolute Gasteiger partial charge is 0.497 e. The number of aromatic nitrogens is 2. The highest BCUT2D eigenvalue weighted by Gasteiger charge is 2.54. The van der Waals surface area contributed by atoms with Gasteiger partial charge in [0.15, 0.2) is 5.79 Å². The molecule has 0 radical (unpaired) electrons. The zero-order chi connectivity index (χ0) is 32.4. The van der Waals surface area contributed by atoms with Crippen LogP contribution >= 0.6 is 0 Å². The minimum absolute atomic E-state index is 0.0301. The molecule has 0 bridgehead atoms. The molecule has 0 unspecified atom stereocenters. The Balaban J connectivity index is 1.52. The topological polar surface area (TPSA) is 101 Å². The van der Waals surface area contributed by atoms with Gasteiger partial charge >= 0.3 is 6.09 Å². The van der Waals surface area contributed by atoms with E-state index in [1.807, 2.05) is 83.1 Å². The predicted molar refractivity (Wildman–Crippen MR) is 170 cm³/mol. The van der Waals surface area contributed by atoms with Gasteiger partial charge in [0.2, 0.25) is 11.8 Å². The molecule has 2 aliphatic rings. The van der Waals surface area contributed by atoms with E-state index in [2.05, 4.69) is 6.92 Å². The summed E-state index contributed by atoms with van der Waals surface area (Å²) in [6.07, 6.45) is 2.83. The molecule has 10 heteroatoms. The fourth-order valence-corrected chi connectivity index (χ4v) is 5.98. The number of hydrogen-bond donors (Lipinski definition) is 0. The van der Waals surface area contributed by atoms with E-state index in [0.717, 1.165) is 41.0 Å². The van der Waals surface area contributed by atoms with Crippen LogP contribution in [0.25, 0.3) is 0 Å². The van der Waals surface area contributed by atoms with E-state index >= 15 is 0 Å². The number of rotatable bonds is 10. The van der Waals surface area contributed by atoms with Gasteiger partial charge in [0.1, 0.15) is 23.7 Å². The molecule has 2 heterocycles. The van der Waals surface area contributed by atoms with Gasteiger partial charge in [0.25, 0.3) is 0 Å². The van der Waals surface area contributed by atoms with Gasteiger partial charge in [0, 0.05) is 17.7 Å². The van der Waals surface area contributed by atoms with Crippen molar-refractivity contribution < 1.29 is 33.2 Å². The third kappa shape index (κ3) is 7.68. The lowest BCUT2D eigenvalue weighted by molar-refractivity contribution is -0.158. The molecule has 242 valence electrons. The maximum Gasteiger partial charge on any atom is 0.417 e. The average molecular weight is 620 g/mol. The van der Waals surface area contributed by atoms with E-state index in [1.165, 1.54) is 4.90 Å². The highest BCUT2D eigenvalue weighted by Crippen LogP contribution is 2.51. The first-order valence-electron chi connectivity index (χ1n) is 15.5. The smallest absolute Gasteiger partial charge is 0.417 e. The van der Waals surface area contributed by atoms with E-state index in [4.69, 9.17) is 38.4 Å². The highest BCUT2D eigenvalue weighted by atomic mass is 16.8. The van der Waals surface area contributed by atoms with Crippen molar-refractivity contribution in [1.29, 1.82) is 0 Å². The number of benzene rings is 2. The molecule has 0 spiro atoms. The van der Waals surface area contributed by atoms with Crippen molar-refractivity contribution in [3.8, 4) is 17.4 Å². The normalized spacial score (nSPS) is 22.0. The summed E-state index contributed by atoms with van der Waals surface area (Å²) in [6.45, 7) is 12.0. The molecule has 5 rings (SSSR count). The van der Waals surface area contributed by atoms with Gasteiger partial charge in [-0.2, -0.15) is 4.98 Å². The summed E-state index contributed by atoms with van der Waals surface area (Å²) in [6, 6.07) is 15.2. The standard InChI is InChI=1S/C35H45N3O7/c1-9-24-18-27(30-29(24)43-35(5,6)44-30)28-19-36-32(37-31(28)42-21-23-12-16-26(41-8)17-13-23)38(33(39)45-34(2,3)4)20-22-10-14-25(40-7)15-11-22/h10-17,19,24,27,29-30H,9,18,20-21H2,1-8H3/t24-,27-,29+,30-/m0/s1. The Hall–Kier alpha value is -3.89. The van der Waals surface area contributed by atoms with Crippen molar-refractivity contribution in [2.24, 2.45) is 5.92 Å². The molecule has 45 heavy (non-hydrogen) atoms. The maximum absolute atomic E-state index is 13.6. The van der Waals surface area contributed by atoms with E-state index in [9.17, 15) is 4.79 Å². The highest BCUT2D eigenvalue weighted by molar-refractivity contribution is 5.85. The molecule has 2 fully saturated rings. The summed E-state index contributed by atoms with van der Waals surface area (Å²) >= 11 is 0. The Labute approximate surface area is 266 Å². The number of carbonyl (C=O) groups excluding carboxylic acids is 1. The number of methoxy groups -OCH3 is 2. The fourth-order valence-electron chi connectivity index (χ4n) is 5.98. The molecule has 1 saturated carbocycles. The minimum atomic E-state index is -0.719. The number of nitrogens with zero attached hydrogens (tertiary/aromatic N) is 3. The summed E-state index contributed by atoms with van der Waals surface area (Å²) < 4.78 is 35.7. The predicted octanol–water partition coefficient (Wildman–Crippen LogP) is 7.05. The van der Waals surface area contributed by atoms with Crippen molar-refractivity contribution in [2.75, 3.05) is 19.1 Å². The van der Waals surface area contributed by atoms with Gasteiger partial charge in [-0.3, -0.25) is 0 Å². The molecule has 1 aliphatic heterocycles. The van der Waals surface area contributed by atoms with Crippen molar-refractivity contribution in [1.82, 2.24) is 9.97 Å². The zero-order valence-corrected chi connectivity index (χ0v) is 27.5. The Morgan fingerprint density at radius 3 is 2.13 bits per heavy atom. The number of hydrogen-bond acceptors (Lipinski definition) is 9. The van der Waals surface area contributed by atoms with Crippen LogP contribution in [0.2, 0.25) is 0 Å². The average Bonchev–Trinajstić information content (AvgIpc) is 3.50. The molecule has 1 aromatic heterocycles. The maximum atomic E-state index is 13.6. The minimum Gasteiger partial charge on any atom is -0.497 e. The first-order valence-corrected chi connectivity index (χ1v) is 15.5. The first kappa shape index (κ1) is 32.5. The Morgan fingerprint density at radius 2 is 1.56 bits per heavy atom. The summed E-state index contributed by atoms with van der Waals surface area (Å²) in [7, 11) is 3.25. The molecule has 0 N–H and O–H groups in total. The molecule has 2 aromatic carbocycles. The molecular formula is C35H45N3O7. The molecule has 1 amide bonds. The second-order valence-corrected chi connectivity index (χ2v) is 13.1. The lowest BCUT2D eigenvalue weighted by Gasteiger charge is -2.27. The number of carbonyl (C=O) groups is 1. The number of anilines is 1. The van der Waals surface area contributed by atoms with Gasteiger partial charge in [-0.1, -0.05) is 37.6 Å². The lowest BCUT2D eigenvalue weighted by Crippen LogP contribution is -2.37. The van der Waals surface area contributed by atoms with Crippen molar-refractivity contribution in [3.63, 3.8) is 0 Å². The molecule has 4 atom stereocenters. The van der Waals surface area contributed by atoms with Crippen LogP contribution < -0.4 is 19.1 Å². The SMILES string of the molecule is CC[C@H]1C[C@@H](c2cnc(N(Cc3ccc(OC)cc3)C(=O)OC(C)(C)C)nc2OCc2ccc(OC)cc2)[C@@H]2OC(C)(C)O[C@H]12. The second kappa shape index (κ2) is 13.2. The molecule has 1 saturated heterocycles. The van der Waals surface area contributed by atoms with Crippen LogP contribution in [0, 0.1) is 5.92 Å². The van der Waals surface area contributed by atoms with Gasteiger partial charge in [0.05, 0.1) is 33.0 Å². The monoisotopic (exact) mass is 619 g/mol. The van der Waals surface area contributed by atoms with Crippen LogP contribution in [0.15, 0.2) is 54.7 Å². The van der Waals surface area contributed by atoms with Gasteiger partial charge < -0.3 is 28.4 Å². The van der Waals surface area contributed by atoms with E-state index in [-0.39, 0.29) is 37.2 Å². The third-order valence-electron chi connectivity index (χ3n) is 8.16. The summed E-state index contributed by atoms with van der Waals surface area (Å²) in [4.78, 5) is 24.7. The molecule has 3 aromatic rings. The van der Waals surface area contributed by atoms with Gasteiger partial charge in [-0.05, 0) is 82.3 Å². The first-order chi connectivity index (χ1) is 21.4. The summed E-state index contributed by atoms with van der Waals surface area (Å²) in [5, 5.41) is 0. The van der Waals surface area contributed by atoms with E-state index < -0.39 is 17.5 Å². The summed E-state index contributed by atoms with van der Waals surface area (Å²) in [5.74, 6) is 1.66. The second-order valence-electron chi connectivity index (χ2n) is 13.1. The molecule has 10 nitrogen and oxygen atoms in total. The Morgan fingerprint density at radius 1 is 0.956 bits per heavy atom.